The Bertz CT molecular complexity index is 648. The monoisotopic (exact) mass is 313 g/mol. The molecule has 120 valence electrons. The van der Waals surface area contributed by atoms with Crippen molar-refractivity contribution in [2.24, 2.45) is 5.92 Å². The van der Waals surface area contributed by atoms with Crippen LogP contribution >= 0.6 is 0 Å². The summed E-state index contributed by atoms with van der Waals surface area (Å²) in [4.78, 5) is 26.2. The minimum Gasteiger partial charge on any atom is -0.341 e. The molecular weight excluding hydrogens is 294 g/mol. The summed E-state index contributed by atoms with van der Waals surface area (Å²) in [6, 6.07) is 9.43. The van der Waals surface area contributed by atoms with Gasteiger partial charge in [0.15, 0.2) is 0 Å². The van der Waals surface area contributed by atoms with Gasteiger partial charge in [0.25, 0.3) is 0 Å². The summed E-state index contributed by atoms with van der Waals surface area (Å²) in [6.07, 6.45) is 4.58. The van der Waals surface area contributed by atoms with Crippen LogP contribution < -0.4 is 5.32 Å². The van der Waals surface area contributed by atoms with Gasteiger partial charge in [-0.2, -0.15) is 0 Å². The fourth-order valence-electron chi connectivity index (χ4n) is 2.71. The normalized spacial score (nSPS) is 15.4. The lowest BCUT2D eigenvalue weighted by Crippen LogP contribution is -2.42. The van der Waals surface area contributed by atoms with Crippen molar-refractivity contribution in [3.05, 3.63) is 42.7 Å². The Balaban J connectivity index is 1.48. The van der Waals surface area contributed by atoms with Crippen molar-refractivity contribution in [1.82, 2.24) is 19.9 Å². The molecular formula is C16H19N5O2. The number of carbonyl (C=O) groups is 2. The minimum absolute atomic E-state index is 0.0115. The highest BCUT2D eigenvalue weighted by molar-refractivity contribution is 5.92. The van der Waals surface area contributed by atoms with Gasteiger partial charge in [0.1, 0.15) is 6.54 Å². The molecule has 2 aromatic rings. The van der Waals surface area contributed by atoms with E-state index in [1.54, 1.807) is 17.3 Å². The smallest absolute Gasteiger partial charge is 0.244 e. The first-order valence-corrected chi connectivity index (χ1v) is 7.70. The number of benzene rings is 1. The Kier molecular flexibility index (Phi) is 4.65. The number of carbonyl (C=O) groups excluding carboxylic acids is 2. The van der Waals surface area contributed by atoms with Gasteiger partial charge in [0.05, 0.1) is 6.20 Å². The summed E-state index contributed by atoms with van der Waals surface area (Å²) in [5.74, 6) is -0.0115. The quantitative estimate of drug-likeness (QED) is 0.918. The van der Waals surface area contributed by atoms with Crippen LogP contribution in [0, 0.1) is 5.92 Å². The third-order valence-electron chi connectivity index (χ3n) is 4.03. The maximum Gasteiger partial charge on any atom is 0.244 e. The maximum absolute atomic E-state index is 12.3. The highest BCUT2D eigenvalue weighted by Gasteiger charge is 2.27. The molecule has 1 saturated heterocycles. The number of aromatic nitrogens is 3. The summed E-state index contributed by atoms with van der Waals surface area (Å²) in [5, 5.41) is 10.4. The first kappa shape index (κ1) is 15.2. The fraction of sp³-hybridized carbons (Fsp3) is 0.375. The van der Waals surface area contributed by atoms with E-state index in [0.29, 0.717) is 25.9 Å². The first-order valence-electron chi connectivity index (χ1n) is 7.70. The van der Waals surface area contributed by atoms with Gasteiger partial charge in [-0.1, -0.05) is 23.4 Å². The standard InChI is InChI=1S/C16H19N5O2/c22-15(12-21-11-8-17-19-21)20-9-6-13(7-10-20)16(23)18-14-4-2-1-3-5-14/h1-5,8,11,13H,6-7,9-10,12H2,(H,18,23). The van der Waals surface area contributed by atoms with Gasteiger partial charge in [0.2, 0.25) is 11.8 Å². The first-order chi connectivity index (χ1) is 11.2. The molecule has 2 heterocycles. The van der Waals surface area contributed by atoms with E-state index in [1.807, 2.05) is 30.3 Å². The van der Waals surface area contributed by atoms with E-state index in [0.717, 1.165) is 5.69 Å². The molecule has 0 radical (unpaired) electrons. The molecule has 7 nitrogen and oxygen atoms in total. The zero-order valence-corrected chi connectivity index (χ0v) is 12.8. The highest BCUT2D eigenvalue weighted by Crippen LogP contribution is 2.19. The largest absolute Gasteiger partial charge is 0.341 e. The van der Waals surface area contributed by atoms with Crippen LogP contribution in [0.3, 0.4) is 0 Å². The van der Waals surface area contributed by atoms with E-state index >= 15 is 0 Å². The van der Waals surface area contributed by atoms with Crippen LogP contribution in [0.4, 0.5) is 5.69 Å². The van der Waals surface area contributed by atoms with Crippen molar-refractivity contribution >= 4 is 17.5 Å². The number of amides is 2. The van der Waals surface area contributed by atoms with Crippen LogP contribution in [-0.4, -0.2) is 44.8 Å². The number of likely N-dealkylation sites (tertiary alicyclic amines) is 1. The van der Waals surface area contributed by atoms with Gasteiger partial charge < -0.3 is 10.2 Å². The van der Waals surface area contributed by atoms with Gasteiger partial charge in [-0.05, 0) is 25.0 Å². The predicted molar refractivity (Wildman–Crippen MR) is 84.4 cm³/mol. The number of hydrogen-bond acceptors (Lipinski definition) is 4. The van der Waals surface area contributed by atoms with E-state index in [9.17, 15) is 9.59 Å². The van der Waals surface area contributed by atoms with Gasteiger partial charge in [-0.3, -0.25) is 9.59 Å². The third-order valence-corrected chi connectivity index (χ3v) is 4.03. The van der Waals surface area contributed by atoms with E-state index in [-0.39, 0.29) is 24.3 Å². The average molecular weight is 313 g/mol. The van der Waals surface area contributed by atoms with Crippen molar-refractivity contribution in [2.45, 2.75) is 19.4 Å². The number of anilines is 1. The van der Waals surface area contributed by atoms with E-state index in [4.69, 9.17) is 0 Å². The van der Waals surface area contributed by atoms with Gasteiger partial charge in [-0.15, -0.1) is 5.10 Å². The lowest BCUT2D eigenvalue weighted by atomic mass is 9.95. The highest BCUT2D eigenvalue weighted by atomic mass is 16.2. The number of nitrogens with zero attached hydrogens (tertiary/aromatic N) is 4. The molecule has 1 aromatic heterocycles. The molecule has 0 saturated carbocycles. The Hall–Kier alpha value is -2.70. The van der Waals surface area contributed by atoms with Gasteiger partial charge in [0, 0.05) is 30.9 Å². The summed E-state index contributed by atoms with van der Waals surface area (Å²) in [6.45, 7) is 1.39. The Morgan fingerprint density at radius 3 is 2.57 bits per heavy atom. The maximum atomic E-state index is 12.3. The van der Waals surface area contributed by atoms with Crippen LogP contribution in [-0.2, 0) is 16.1 Å². The summed E-state index contributed by atoms with van der Waals surface area (Å²) >= 11 is 0. The molecule has 3 rings (SSSR count). The van der Waals surface area contributed by atoms with Crippen LogP contribution in [0.25, 0.3) is 0 Å². The molecule has 1 fully saturated rings. The second-order valence-corrected chi connectivity index (χ2v) is 5.61. The molecule has 1 N–H and O–H groups in total. The lowest BCUT2D eigenvalue weighted by Gasteiger charge is -2.31. The number of nitrogens with one attached hydrogen (secondary N) is 1. The van der Waals surface area contributed by atoms with Crippen molar-refractivity contribution in [3.63, 3.8) is 0 Å². The zero-order valence-electron chi connectivity index (χ0n) is 12.8. The van der Waals surface area contributed by atoms with Gasteiger partial charge >= 0.3 is 0 Å². The molecule has 1 aliphatic heterocycles. The fourth-order valence-corrected chi connectivity index (χ4v) is 2.71. The van der Waals surface area contributed by atoms with E-state index < -0.39 is 0 Å². The SMILES string of the molecule is O=C(Nc1ccccc1)C1CCN(C(=O)Cn2ccnn2)CC1. The molecule has 1 aliphatic rings. The number of piperidine rings is 1. The zero-order chi connectivity index (χ0) is 16.1. The lowest BCUT2D eigenvalue weighted by molar-refractivity contribution is -0.135. The molecule has 0 aliphatic carbocycles. The van der Waals surface area contributed by atoms with Crippen LogP contribution in [0.5, 0.6) is 0 Å². The number of para-hydroxylation sites is 1. The molecule has 1 aromatic carbocycles. The summed E-state index contributed by atoms with van der Waals surface area (Å²) < 4.78 is 1.51. The average Bonchev–Trinajstić information content (AvgIpc) is 3.09. The molecule has 0 unspecified atom stereocenters. The molecule has 0 bridgehead atoms. The number of rotatable bonds is 4. The van der Waals surface area contributed by atoms with Crippen LogP contribution in [0.2, 0.25) is 0 Å². The Morgan fingerprint density at radius 2 is 1.91 bits per heavy atom. The van der Waals surface area contributed by atoms with E-state index in [2.05, 4.69) is 15.6 Å². The molecule has 2 amide bonds. The van der Waals surface area contributed by atoms with Gasteiger partial charge in [-0.25, -0.2) is 4.68 Å². The predicted octanol–water partition coefficient (Wildman–Crippen LogP) is 1.16. The second-order valence-electron chi connectivity index (χ2n) is 5.61. The third kappa shape index (κ3) is 3.94. The number of hydrogen-bond donors (Lipinski definition) is 1. The topological polar surface area (TPSA) is 80.1 Å². The van der Waals surface area contributed by atoms with E-state index in [1.165, 1.54) is 4.68 Å². The van der Waals surface area contributed by atoms with Crippen molar-refractivity contribution in [2.75, 3.05) is 18.4 Å². The van der Waals surface area contributed by atoms with Crippen molar-refractivity contribution in [3.8, 4) is 0 Å². The Morgan fingerprint density at radius 1 is 1.17 bits per heavy atom. The molecule has 7 heteroatoms. The molecule has 23 heavy (non-hydrogen) atoms. The van der Waals surface area contributed by atoms with Crippen molar-refractivity contribution < 1.29 is 9.59 Å². The second kappa shape index (κ2) is 7.04. The summed E-state index contributed by atoms with van der Waals surface area (Å²) in [5.41, 5.74) is 0.808. The molecule has 0 atom stereocenters. The molecule has 0 spiro atoms. The Labute approximate surface area is 134 Å². The van der Waals surface area contributed by atoms with Crippen molar-refractivity contribution in [1.29, 1.82) is 0 Å². The summed E-state index contributed by atoms with van der Waals surface area (Å²) in [7, 11) is 0. The van der Waals surface area contributed by atoms with Crippen LogP contribution in [0.1, 0.15) is 12.8 Å². The van der Waals surface area contributed by atoms with Crippen LogP contribution in [0.15, 0.2) is 42.7 Å². The minimum atomic E-state index is -0.0503.